The van der Waals surface area contributed by atoms with E-state index in [0.717, 1.165) is 17.1 Å². The van der Waals surface area contributed by atoms with E-state index in [9.17, 15) is 9.59 Å². The first-order valence-electron chi connectivity index (χ1n) is 10.0. The molecule has 0 spiro atoms. The van der Waals surface area contributed by atoms with Gasteiger partial charge in [-0.05, 0) is 59.2 Å². The van der Waals surface area contributed by atoms with Crippen LogP contribution in [0.4, 0.5) is 4.79 Å². The lowest BCUT2D eigenvalue weighted by Gasteiger charge is -2.32. The summed E-state index contributed by atoms with van der Waals surface area (Å²) in [6.45, 7) is 12.3. The van der Waals surface area contributed by atoms with Gasteiger partial charge in [-0.15, -0.1) is 0 Å². The highest BCUT2D eigenvalue weighted by Gasteiger charge is 2.26. The fourth-order valence-corrected chi connectivity index (χ4v) is 2.92. The summed E-state index contributed by atoms with van der Waals surface area (Å²) in [5, 5.41) is 2.95. The zero-order valence-electron chi connectivity index (χ0n) is 18.4. The molecule has 0 aliphatic carbocycles. The first kappa shape index (κ1) is 22.5. The van der Waals surface area contributed by atoms with Gasteiger partial charge in [0.05, 0.1) is 6.54 Å². The van der Waals surface area contributed by atoms with Crippen LogP contribution in [-0.2, 0) is 17.9 Å². The van der Waals surface area contributed by atoms with Crippen molar-refractivity contribution in [2.75, 3.05) is 6.54 Å². The van der Waals surface area contributed by atoms with Crippen LogP contribution in [0.1, 0.15) is 51.7 Å². The number of benzene rings is 1. The molecule has 0 aliphatic rings. The summed E-state index contributed by atoms with van der Waals surface area (Å²) in [6, 6.07) is 13.2. The SMILES string of the molecule is Cc1ccc(CN(Cc2ccccc2)C(=O)CN(C(=O)NC(C)(C)C)C(C)C)o1. The molecule has 1 aromatic carbocycles. The Hall–Kier alpha value is -2.76. The Morgan fingerprint density at radius 3 is 2.21 bits per heavy atom. The van der Waals surface area contributed by atoms with Gasteiger partial charge in [0.2, 0.25) is 5.91 Å². The Morgan fingerprint density at radius 1 is 1.03 bits per heavy atom. The van der Waals surface area contributed by atoms with E-state index in [2.05, 4.69) is 5.32 Å². The van der Waals surface area contributed by atoms with Crippen LogP contribution in [0.15, 0.2) is 46.9 Å². The van der Waals surface area contributed by atoms with Gasteiger partial charge in [-0.3, -0.25) is 4.79 Å². The summed E-state index contributed by atoms with van der Waals surface area (Å²) < 4.78 is 5.68. The molecule has 1 N–H and O–H groups in total. The Morgan fingerprint density at radius 2 is 1.69 bits per heavy atom. The van der Waals surface area contributed by atoms with E-state index in [1.165, 1.54) is 0 Å². The maximum atomic E-state index is 13.2. The molecule has 0 fully saturated rings. The van der Waals surface area contributed by atoms with Gasteiger partial charge in [0.15, 0.2) is 0 Å². The summed E-state index contributed by atoms with van der Waals surface area (Å²) in [7, 11) is 0. The van der Waals surface area contributed by atoms with Gasteiger partial charge < -0.3 is 19.5 Å². The second kappa shape index (κ2) is 9.63. The number of rotatable bonds is 7. The third kappa shape index (κ3) is 7.29. The lowest BCUT2D eigenvalue weighted by atomic mass is 10.1. The molecule has 0 atom stereocenters. The van der Waals surface area contributed by atoms with Crippen molar-refractivity contribution in [1.82, 2.24) is 15.1 Å². The van der Waals surface area contributed by atoms with E-state index in [1.54, 1.807) is 9.80 Å². The molecule has 6 nitrogen and oxygen atoms in total. The molecule has 0 saturated heterocycles. The van der Waals surface area contributed by atoms with Gasteiger partial charge in [-0.25, -0.2) is 4.79 Å². The molecule has 0 bridgehead atoms. The van der Waals surface area contributed by atoms with Crippen molar-refractivity contribution in [3.05, 3.63) is 59.5 Å². The maximum absolute atomic E-state index is 13.2. The average Bonchev–Trinajstić information content (AvgIpc) is 3.02. The van der Waals surface area contributed by atoms with Crippen LogP contribution >= 0.6 is 0 Å². The Labute approximate surface area is 173 Å². The summed E-state index contributed by atoms with van der Waals surface area (Å²) in [6.07, 6.45) is 0. The molecule has 0 aliphatic heterocycles. The Balaban J connectivity index is 2.18. The van der Waals surface area contributed by atoms with Gasteiger partial charge in [0, 0.05) is 18.1 Å². The fourth-order valence-electron chi connectivity index (χ4n) is 2.92. The molecule has 1 heterocycles. The number of furan rings is 1. The predicted molar refractivity (Wildman–Crippen MR) is 114 cm³/mol. The number of nitrogens with one attached hydrogen (secondary N) is 1. The zero-order chi connectivity index (χ0) is 21.6. The normalized spacial score (nSPS) is 11.4. The Bertz CT molecular complexity index is 806. The summed E-state index contributed by atoms with van der Waals surface area (Å²) >= 11 is 0. The summed E-state index contributed by atoms with van der Waals surface area (Å²) in [5.74, 6) is 1.41. The number of aryl methyl sites for hydroxylation is 1. The van der Waals surface area contributed by atoms with Crippen molar-refractivity contribution in [1.29, 1.82) is 0 Å². The molecule has 6 heteroatoms. The average molecular weight is 400 g/mol. The monoisotopic (exact) mass is 399 g/mol. The van der Waals surface area contributed by atoms with E-state index in [0.29, 0.717) is 13.1 Å². The third-order valence-electron chi connectivity index (χ3n) is 4.38. The molecular weight excluding hydrogens is 366 g/mol. The van der Waals surface area contributed by atoms with Gasteiger partial charge in [-0.1, -0.05) is 30.3 Å². The van der Waals surface area contributed by atoms with Gasteiger partial charge in [-0.2, -0.15) is 0 Å². The van der Waals surface area contributed by atoms with Gasteiger partial charge in [0.1, 0.15) is 18.1 Å². The van der Waals surface area contributed by atoms with Gasteiger partial charge in [0.25, 0.3) is 0 Å². The zero-order valence-corrected chi connectivity index (χ0v) is 18.4. The summed E-state index contributed by atoms with van der Waals surface area (Å²) in [5.41, 5.74) is 0.655. The van der Waals surface area contributed by atoms with Crippen LogP contribution in [0.25, 0.3) is 0 Å². The molecule has 29 heavy (non-hydrogen) atoms. The van der Waals surface area contributed by atoms with Crippen LogP contribution in [0, 0.1) is 6.92 Å². The van der Waals surface area contributed by atoms with E-state index in [4.69, 9.17) is 4.42 Å². The number of carbonyl (C=O) groups excluding carboxylic acids is 2. The molecule has 0 saturated carbocycles. The lowest BCUT2D eigenvalue weighted by Crippen LogP contribution is -2.53. The van der Waals surface area contributed by atoms with E-state index in [-0.39, 0.29) is 30.1 Å². The largest absolute Gasteiger partial charge is 0.464 e. The van der Waals surface area contributed by atoms with Crippen LogP contribution in [0.3, 0.4) is 0 Å². The molecule has 1 aromatic heterocycles. The van der Waals surface area contributed by atoms with Crippen molar-refractivity contribution >= 4 is 11.9 Å². The first-order chi connectivity index (χ1) is 13.5. The number of urea groups is 1. The van der Waals surface area contributed by atoms with Crippen LogP contribution in [-0.4, -0.2) is 39.9 Å². The van der Waals surface area contributed by atoms with Crippen molar-refractivity contribution in [3.8, 4) is 0 Å². The smallest absolute Gasteiger partial charge is 0.318 e. The molecule has 158 valence electrons. The fraction of sp³-hybridized carbons (Fsp3) is 0.478. The minimum atomic E-state index is -0.372. The van der Waals surface area contributed by atoms with Gasteiger partial charge >= 0.3 is 6.03 Å². The molecule has 3 amide bonds. The molecule has 2 rings (SSSR count). The highest BCUT2D eigenvalue weighted by atomic mass is 16.3. The minimum absolute atomic E-state index is 0.00606. The molecule has 0 unspecified atom stereocenters. The number of amides is 3. The molecule has 0 radical (unpaired) electrons. The lowest BCUT2D eigenvalue weighted by molar-refractivity contribution is -0.133. The number of carbonyl (C=O) groups is 2. The predicted octanol–water partition coefficient (Wildman–Crippen LogP) is 4.34. The maximum Gasteiger partial charge on any atom is 0.318 e. The summed E-state index contributed by atoms with van der Waals surface area (Å²) in [4.78, 5) is 29.2. The Kier molecular flexibility index (Phi) is 7.48. The van der Waals surface area contributed by atoms with Crippen molar-refractivity contribution in [2.24, 2.45) is 0 Å². The third-order valence-corrected chi connectivity index (χ3v) is 4.38. The van der Waals surface area contributed by atoms with Crippen LogP contribution in [0.5, 0.6) is 0 Å². The van der Waals surface area contributed by atoms with Crippen molar-refractivity contribution in [2.45, 2.75) is 66.2 Å². The van der Waals surface area contributed by atoms with Crippen LogP contribution < -0.4 is 5.32 Å². The second-order valence-corrected chi connectivity index (χ2v) is 8.65. The second-order valence-electron chi connectivity index (χ2n) is 8.65. The molecule has 2 aromatic rings. The highest BCUT2D eigenvalue weighted by molar-refractivity contribution is 5.84. The van der Waals surface area contributed by atoms with Crippen LogP contribution in [0.2, 0.25) is 0 Å². The number of hydrogen-bond donors (Lipinski definition) is 1. The topological polar surface area (TPSA) is 65.8 Å². The number of nitrogens with zero attached hydrogens (tertiary/aromatic N) is 2. The molecular formula is C23H33N3O3. The van der Waals surface area contributed by atoms with Crippen molar-refractivity contribution in [3.63, 3.8) is 0 Å². The minimum Gasteiger partial charge on any atom is -0.464 e. The van der Waals surface area contributed by atoms with E-state index >= 15 is 0 Å². The standard InChI is InChI=1S/C23H33N3O3/c1-17(2)26(22(28)24-23(4,5)6)16-21(27)25(14-19-10-8-7-9-11-19)15-20-13-12-18(3)29-20/h7-13,17H,14-16H2,1-6H3,(H,24,28). The van der Waals surface area contributed by atoms with E-state index < -0.39 is 0 Å². The van der Waals surface area contributed by atoms with Crippen molar-refractivity contribution < 1.29 is 14.0 Å². The quantitative estimate of drug-likeness (QED) is 0.753. The first-order valence-corrected chi connectivity index (χ1v) is 10.0. The van der Waals surface area contributed by atoms with E-state index in [1.807, 2.05) is 84.0 Å². The highest BCUT2D eigenvalue weighted by Crippen LogP contribution is 2.14. The number of hydrogen-bond acceptors (Lipinski definition) is 3.